The van der Waals surface area contributed by atoms with Crippen LogP contribution in [-0.4, -0.2) is 60.1 Å². The summed E-state index contributed by atoms with van der Waals surface area (Å²) in [5.74, 6) is -0.241. The molecule has 3 aromatic rings. The average molecular weight is 511 g/mol. The minimum atomic E-state index is -3.64. The molecule has 1 fully saturated rings. The van der Waals surface area contributed by atoms with Gasteiger partial charge in [0.15, 0.2) is 0 Å². The third-order valence-electron chi connectivity index (χ3n) is 6.85. The molecule has 6 nitrogen and oxygen atoms in total. The second-order valence-electron chi connectivity index (χ2n) is 9.35. The van der Waals surface area contributed by atoms with E-state index in [1.165, 1.54) is 12.1 Å². The quantitative estimate of drug-likeness (QED) is 0.465. The van der Waals surface area contributed by atoms with E-state index in [-0.39, 0.29) is 23.3 Å². The van der Waals surface area contributed by atoms with Gasteiger partial charge in [-0.15, -0.1) is 0 Å². The molecule has 4 rings (SSSR count). The van der Waals surface area contributed by atoms with Crippen molar-refractivity contribution in [2.24, 2.45) is 0 Å². The lowest BCUT2D eigenvalue weighted by Gasteiger charge is -2.40. The molecule has 0 aromatic heterocycles. The van der Waals surface area contributed by atoms with Gasteiger partial charge in [-0.05, 0) is 66.1 Å². The Hall–Kier alpha value is -2.94. The predicted molar refractivity (Wildman–Crippen MR) is 145 cm³/mol. The summed E-state index contributed by atoms with van der Waals surface area (Å²) in [6, 6.07) is 21.8. The van der Waals surface area contributed by atoms with Crippen LogP contribution >= 0.6 is 0 Å². The lowest BCUT2D eigenvalue weighted by molar-refractivity contribution is 0.187. The maximum absolute atomic E-state index is 13.3. The van der Waals surface area contributed by atoms with Gasteiger partial charge in [-0.3, -0.25) is 4.90 Å². The van der Waals surface area contributed by atoms with E-state index in [0.717, 1.165) is 55.1 Å². The van der Waals surface area contributed by atoms with E-state index >= 15 is 0 Å². The minimum absolute atomic E-state index is 0.110. The van der Waals surface area contributed by atoms with Crippen LogP contribution in [0.15, 0.2) is 77.7 Å². The van der Waals surface area contributed by atoms with Crippen LogP contribution in [0.3, 0.4) is 0 Å². The Kier molecular flexibility index (Phi) is 8.28. The Morgan fingerprint density at radius 1 is 0.889 bits per heavy atom. The second kappa shape index (κ2) is 11.4. The molecule has 1 saturated heterocycles. The van der Waals surface area contributed by atoms with Crippen molar-refractivity contribution in [1.29, 1.82) is 0 Å². The van der Waals surface area contributed by atoms with Gasteiger partial charge in [0.1, 0.15) is 5.82 Å². The molecule has 0 saturated carbocycles. The molecule has 192 valence electrons. The van der Waals surface area contributed by atoms with Crippen LogP contribution in [0.2, 0.25) is 0 Å². The Morgan fingerprint density at radius 3 is 2.06 bits per heavy atom. The summed E-state index contributed by atoms with van der Waals surface area (Å²) in [5.41, 5.74) is 4.26. The fourth-order valence-electron chi connectivity index (χ4n) is 4.57. The van der Waals surface area contributed by atoms with Crippen LogP contribution < -0.4 is 14.5 Å². The molecule has 0 radical (unpaired) electrons. The first-order chi connectivity index (χ1) is 17.3. The van der Waals surface area contributed by atoms with Crippen molar-refractivity contribution in [3.63, 3.8) is 0 Å². The van der Waals surface area contributed by atoms with Gasteiger partial charge >= 0.3 is 0 Å². The first-order valence-corrected chi connectivity index (χ1v) is 13.9. The molecule has 1 N–H and O–H groups in total. The molecule has 0 spiro atoms. The molecule has 8 heteroatoms. The van der Waals surface area contributed by atoms with Crippen LogP contribution in [0.4, 0.5) is 15.8 Å². The van der Waals surface area contributed by atoms with Crippen LogP contribution in [0.1, 0.15) is 24.1 Å². The first kappa shape index (κ1) is 26.1. The topological polar surface area (TPSA) is 55.9 Å². The molecule has 1 aliphatic heterocycles. The molecule has 1 heterocycles. The molecule has 36 heavy (non-hydrogen) atoms. The van der Waals surface area contributed by atoms with E-state index in [4.69, 9.17) is 0 Å². The Bertz CT molecular complexity index is 1220. The molecule has 0 aliphatic carbocycles. The lowest BCUT2D eigenvalue weighted by atomic mass is 10.0. The number of piperazine rings is 1. The van der Waals surface area contributed by atoms with Gasteiger partial charge in [-0.2, -0.15) is 0 Å². The molecule has 1 unspecified atom stereocenters. The number of hydrogen-bond donors (Lipinski definition) is 1. The number of sulfonamides is 1. The van der Waals surface area contributed by atoms with Gasteiger partial charge < -0.3 is 9.80 Å². The number of halogens is 1. The van der Waals surface area contributed by atoms with Crippen molar-refractivity contribution < 1.29 is 12.8 Å². The molecule has 3 aromatic carbocycles. The van der Waals surface area contributed by atoms with Gasteiger partial charge in [0.05, 0.1) is 4.90 Å². The van der Waals surface area contributed by atoms with Crippen molar-refractivity contribution in [2.45, 2.75) is 24.3 Å². The Morgan fingerprint density at radius 2 is 1.50 bits per heavy atom. The normalized spacial score (nSPS) is 15.6. The Balaban J connectivity index is 1.51. The number of nitrogens with one attached hydrogen (secondary N) is 1. The molecule has 0 bridgehead atoms. The van der Waals surface area contributed by atoms with Crippen molar-refractivity contribution in [3.8, 4) is 0 Å². The van der Waals surface area contributed by atoms with Crippen LogP contribution in [-0.2, 0) is 16.4 Å². The number of hydrogen-bond acceptors (Lipinski definition) is 5. The number of aryl methyl sites for hydroxylation is 1. The number of rotatable bonds is 9. The summed E-state index contributed by atoms with van der Waals surface area (Å²) >= 11 is 0. The van der Waals surface area contributed by atoms with E-state index in [2.05, 4.69) is 38.8 Å². The van der Waals surface area contributed by atoms with Gasteiger partial charge in [-0.1, -0.05) is 31.2 Å². The van der Waals surface area contributed by atoms with E-state index in [1.807, 2.05) is 38.1 Å². The summed E-state index contributed by atoms with van der Waals surface area (Å²) in [6.07, 6.45) is 0.864. The highest BCUT2D eigenvalue weighted by Gasteiger charge is 2.27. The van der Waals surface area contributed by atoms with E-state index < -0.39 is 10.0 Å². The van der Waals surface area contributed by atoms with Crippen molar-refractivity contribution >= 4 is 21.4 Å². The summed E-state index contributed by atoms with van der Waals surface area (Å²) in [7, 11) is 0.361. The third-order valence-corrected chi connectivity index (χ3v) is 8.29. The summed E-state index contributed by atoms with van der Waals surface area (Å²) < 4.78 is 42.4. The third kappa shape index (κ3) is 6.24. The molecule has 1 atom stereocenters. The highest BCUT2D eigenvalue weighted by atomic mass is 32.2. The smallest absolute Gasteiger partial charge is 0.240 e. The van der Waals surface area contributed by atoms with Crippen LogP contribution in [0, 0.1) is 5.82 Å². The molecular formula is C28H35FN4O2S. The summed E-state index contributed by atoms with van der Waals surface area (Å²) in [5, 5.41) is 0. The van der Waals surface area contributed by atoms with Crippen molar-refractivity contribution in [3.05, 3.63) is 89.7 Å². The van der Waals surface area contributed by atoms with Gasteiger partial charge in [0.25, 0.3) is 0 Å². The summed E-state index contributed by atoms with van der Waals surface area (Å²) in [6.45, 7) is 5.42. The first-order valence-electron chi connectivity index (χ1n) is 12.4. The standard InChI is InChI=1S/C28H35FN4O2S/c1-4-22-5-15-27(16-6-22)36(34,35)30-21-28(23-7-11-25(12-8-23)31(2)3)33-19-17-32(18-20-33)26-13-9-24(29)10-14-26/h5-16,28,30H,4,17-21H2,1-3H3. The maximum atomic E-state index is 13.3. The minimum Gasteiger partial charge on any atom is -0.378 e. The van der Waals surface area contributed by atoms with Crippen LogP contribution in [0.5, 0.6) is 0 Å². The zero-order valence-corrected chi connectivity index (χ0v) is 22.0. The monoisotopic (exact) mass is 510 g/mol. The Labute approximate surface area is 214 Å². The predicted octanol–water partition coefficient (Wildman–Crippen LogP) is 4.30. The fraction of sp³-hybridized carbons (Fsp3) is 0.357. The van der Waals surface area contributed by atoms with E-state index in [1.54, 1.807) is 24.3 Å². The SMILES string of the molecule is CCc1ccc(S(=O)(=O)NCC(c2ccc(N(C)C)cc2)N2CCN(c3ccc(F)cc3)CC2)cc1. The van der Waals surface area contributed by atoms with E-state index in [9.17, 15) is 12.8 Å². The summed E-state index contributed by atoms with van der Waals surface area (Å²) in [4.78, 5) is 6.89. The highest BCUT2D eigenvalue weighted by Crippen LogP contribution is 2.26. The fourth-order valence-corrected chi connectivity index (χ4v) is 5.61. The van der Waals surface area contributed by atoms with Gasteiger partial charge in [0.2, 0.25) is 10.0 Å². The zero-order chi connectivity index (χ0) is 25.7. The molecule has 1 aliphatic rings. The van der Waals surface area contributed by atoms with Crippen LogP contribution in [0.25, 0.3) is 0 Å². The van der Waals surface area contributed by atoms with Crippen molar-refractivity contribution in [1.82, 2.24) is 9.62 Å². The number of benzene rings is 3. The average Bonchev–Trinajstić information content (AvgIpc) is 2.90. The molecular weight excluding hydrogens is 475 g/mol. The van der Waals surface area contributed by atoms with Crippen molar-refractivity contribution in [2.75, 3.05) is 56.6 Å². The largest absolute Gasteiger partial charge is 0.378 e. The second-order valence-corrected chi connectivity index (χ2v) is 11.1. The molecule has 0 amide bonds. The lowest BCUT2D eigenvalue weighted by Crippen LogP contribution is -2.49. The zero-order valence-electron chi connectivity index (χ0n) is 21.2. The van der Waals surface area contributed by atoms with Gasteiger partial charge in [0, 0.05) is 64.2 Å². The number of nitrogens with zero attached hydrogens (tertiary/aromatic N) is 3. The number of anilines is 2. The van der Waals surface area contributed by atoms with E-state index in [0.29, 0.717) is 0 Å². The highest BCUT2D eigenvalue weighted by molar-refractivity contribution is 7.89. The van der Waals surface area contributed by atoms with Gasteiger partial charge in [-0.25, -0.2) is 17.5 Å². The maximum Gasteiger partial charge on any atom is 0.240 e.